The third-order valence-electron chi connectivity index (χ3n) is 5.74. The zero-order chi connectivity index (χ0) is 14.7. The van der Waals surface area contributed by atoms with Crippen LogP contribution in [0.25, 0.3) is 0 Å². The Kier molecular flexibility index (Phi) is 5.18. The average Bonchev–Trinajstić information content (AvgIpc) is 3.09. The Morgan fingerprint density at radius 1 is 1.05 bits per heavy atom. The van der Waals surface area contributed by atoms with Crippen LogP contribution in [0.3, 0.4) is 0 Å². The molecule has 2 aliphatic carbocycles. The number of rotatable bonds is 5. The van der Waals surface area contributed by atoms with Crippen LogP contribution in [0.4, 0.5) is 0 Å². The molecular weight excluding hydrogens is 280 g/mol. The van der Waals surface area contributed by atoms with E-state index in [0.29, 0.717) is 17.1 Å². The quantitative estimate of drug-likeness (QED) is 0.790. The Morgan fingerprint density at radius 2 is 1.76 bits per heavy atom. The van der Waals surface area contributed by atoms with E-state index in [1.807, 2.05) is 0 Å². The largest absolute Gasteiger partial charge is 0.392 e. The summed E-state index contributed by atoms with van der Waals surface area (Å²) in [5, 5.41) is 0. The van der Waals surface area contributed by atoms with Gasteiger partial charge in [-0.3, -0.25) is 4.90 Å². The van der Waals surface area contributed by atoms with Gasteiger partial charge in [0, 0.05) is 19.1 Å². The van der Waals surface area contributed by atoms with Crippen molar-refractivity contribution in [3.05, 3.63) is 0 Å². The van der Waals surface area contributed by atoms with Crippen LogP contribution < -0.4 is 5.73 Å². The minimum Gasteiger partial charge on any atom is -0.392 e. The van der Waals surface area contributed by atoms with Crippen molar-refractivity contribution < 1.29 is 4.74 Å². The maximum absolute atomic E-state index is 6.54. The standard InChI is InChI=1S/C17H30N2OS/c18-16(21)13-19(14-6-2-3-7-14)12-15-8-11-17(20-15)9-4-1-5-10-17/h14-15H,1-13H2,(H2,18,21). The van der Waals surface area contributed by atoms with Gasteiger partial charge in [-0.25, -0.2) is 0 Å². The van der Waals surface area contributed by atoms with Crippen molar-refractivity contribution in [1.29, 1.82) is 0 Å². The summed E-state index contributed by atoms with van der Waals surface area (Å²) in [4.78, 5) is 3.15. The van der Waals surface area contributed by atoms with Gasteiger partial charge in [0.05, 0.1) is 16.7 Å². The molecule has 21 heavy (non-hydrogen) atoms. The molecule has 0 bridgehead atoms. The van der Waals surface area contributed by atoms with Crippen molar-refractivity contribution in [2.24, 2.45) is 5.73 Å². The maximum Gasteiger partial charge on any atom is 0.0870 e. The number of nitrogens with two attached hydrogens (primary N) is 1. The highest BCUT2D eigenvalue weighted by Gasteiger charge is 2.41. The predicted octanol–water partition coefficient (Wildman–Crippen LogP) is 3.40. The van der Waals surface area contributed by atoms with E-state index in [1.54, 1.807) is 0 Å². The minimum atomic E-state index is 0.230. The summed E-state index contributed by atoms with van der Waals surface area (Å²) < 4.78 is 6.54. The molecule has 0 aromatic heterocycles. The van der Waals surface area contributed by atoms with Crippen LogP contribution in [-0.4, -0.2) is 40.7 Å². The van der Waals surface area contributed by atoms with Gasteiger partial charge in [-0.1, -0.05) is 44.3 Å². The fourth-order valence-electron chi connectivity index (χ4n) is 4.66. The van der Waals surface area contributed by atoms with E-state index in [0.717, 1.165) is 13.1 Å². The van der Waals surface area contributed by atoms with Gasteiger partial charge in [0.15, 0.2) is 0 Å². The topological polar surface area (TPSA) is 38.5 Å². The van der Waals surface area contributed by atoms with Crippen LogP contribution in [-0.2, 0) is 4.74 Å². The highest BCUT2D eigenvalue weighted by molar-refractivity contribution is 7.80. The zero-order valence-electron chi connectivity index (χ0n) is 13.2. The first-order valence-electron chi connectivity index (χ1n) is 8.87. The fraction of sp³-hybridized carbons (Fsp3) is 0.941. The number of hydrogen-bond donors (Lipinski definition) is 1. The number of hydrogen-bond acceptors (Lipinski definition) is 3. The van der Waals surface area contributed by atoms with Gasteiger partial charge in [0.1, 0.15) is 0 Å². The lowest BCUT2D eigenvalue weighted by Gasteiger charge is -2.35. The van der Waals surface area contributed by atoms with Crippen molar-refractivity contribution in [1.82, 2.24) is 4.90 Å². The Morgan fingerprint density at radius 3 is 2.43 bits per heavy atom. The van der Waals surface area contributed by atoms with Crippen LogP contribution >= 0.6 is 12.2 Å². The minimum absolute atomic E-state index is 0.230. The summed E-state index contributed by atoms with van der Waals surface area (Å²) in [7, 11) is 0. The lowest BCUT2D eigenvalue weighted by atomic mass is 9.83. The van der Waals surface area contributed by atoms with E-state index < -0.39 is 0 Å². The molecule has 0 radical (unpaired) electrons. The molecule has 1 unspecified atom stereocenters. The Bertz CT molecular complexity index is 362. The van der Waals surface area contributed by atoms with E-state index in [4.69, 9.17) is 22.7 Å². The molecule has 0 aromatic rings. The molecule has 0 aromatic carbocycles. The molecule has 1 saturated heterocycles. The number of thiocarbonyl (C=S) groups is 1. The van der Waals surface area contributed by atoms with Crippen LogP contribution in [0.1, 0.15) is 70.6 Å². The third-order valence-corrected chi connectivity index (χ3v) is 5.87. The van der Waals surface area contributed by atoms with Crippen LogP contribution in [0.5, 0.6) is 0 Å². The Labute approximate surface area is 134 Å². The van der Waals surface area contributed by atoms with Crippen LogP contribution in [0, 0.1) is 0 Å². The number of nitrogens with zero attached hydrogens (tertiary/aromatic N) is 1. The monoisotopic (exact) mass is 310 g/mol. The predicted molar refractivity (Wildman–Crippen MR) is 90.5 cm³/mol. The summed E-state index contributed by atoms with van der Waals surface area (Å²) in [6, 6.07) is 0.679. The molecule has 1 aliphatic heterocycles. The molecule has 4 heteroatoms. The number of ether oxygens (including phenoxy) is 1. The highest BCUT2D eigenvalue weighted by atomic mass is 32.1. The van der Waals surface area contributed by atoms with Gasteiger partial charge in [-0.05, 0) is 38.5 Å². The fourth-order valence-corrected chi connectivity index (χ4v) is 4.83. The molecule has 3 fully saturated rings. The SMILES string of the molecule is NC(=S)CN(CC1CCC2(CCCCC2)O1)C1CCCC1. The lowest BCUT2D eigenvalue weighted by molar-refractivity contribution is -0.0733. The molecule has 0 amide bonds. The van der Waals surface area contributed by atoms with Crippen molar-refractivity contribution >= 4 is 17.2 Å². The molecule has 3 nitrogen and oxygen atoms in total. The zero-order valence-corrected chi connectivity index (χ0v) is 14.0. The van der Waals surface area contributed by atoms with Crippen molar-refractivity contribution in [3.8, 4) is 0 Å². The molecule has 1 spiro atoms. The summed E-state index contributed by atoms with van der Waals surface area (Å²) in [6.07, 6.45) is 14.9. The molecule has 1 atom stereocenters. The van der Waals surface area contributed by atoms with E-state index in [-0.39, 0.29) is 5.60 Å². The van der Waals surface area contributed by atoms with Crippen molar-refractivity contribution in [2.45, 2.75) is 88.4 Å². The van der Waals surface area contributed by atoms with E-state index in [2.05, 4.69) is 4.90 Å². The summed E-state index contributed by atoms with van der Waals surface area (Å²) >= 11 is 5.16. The highest BCUT2D eigenvalue weighted by Crippen LogP contribution is 2.42. The Balaban J connectivity index is 1.56. The molecule has 3 aliphatic rings. The van der Waals surface area contributed by atoms with Crippen LogP contribution in [0.15, 0.2) is 0 Å². The Hall–Kier alpha value is -0.190. The first kappa shape index (κ1) is 15.7. The van der Waals surface area contributed by atoms with Gasteiger partial charge in [0.2, 0.25) is 0 Å². The molecular formula is C17H30N2OS. The lowest BCUT2D eigenvalue weighted by Crippen LogP contribution is -2.44. The smallest absolute Gasteiger partial charge is 0.0870 e. The van der Waals surface area contributed by atoms with Crippen LogP contribution in [0.2, 0.25) is 0 Å². The molecule has 3 rings (SSSR count). The second-order valence-corrected chi connectivity index (χ2v) is 7.88. The van der Waals surface area contributed by atoms with E-state index >= 15 is 0 Å². The molecule has 1 heterocycles. The van der Waals surface area contributed by atoms with Gasteiger partial charge in [0.25, 0.3) is 0 Å². The molecule has 2 N–H and O–H groups in total. The van der Waals surface area contributed by atoms with Gasteiger partial charge < -0.3 is 10.5 Å². The average molecular weight is 311 g/mol. The second kappa shape index (κ2) is 6.93. The first-order valence-corrected chi connectivity index (χ1v) is 9.28. The first-order chi connectivity index (χ1) is 10.2. The summed E-state index contributed by atoms with van der Waals surface area (Å²) in [6.45, 7) is 1.80. The van der Waals surface area contributed by atoms with Crippen molar-refractivity contribution in [3.63, 3.8) is 0 Å². The van der Waals surface area contributed by atoms with E-state index in [1.165, 1.54) is 70.6 Å². The maximum atomic E-state index is 6.54. The van der Waals surface area contributed by atoms with Crippen molar-refractivity contribution in [2.75, 3.05) is 13.1 Å². The van der Waals surface area contributed by atoms with Gasteiger partial charge in [-0.2, -0.15) is 0 Å². The second-order valence-electron chi connectivity index (χ2n) is 7.36. The summed E-state index contributed by atoms with van der Waals surface area (Å²) in [5.74, 6) is 0. The van der Waals surface area contributed by atoms with Gasteiger partial charge in [-0.15, -0.1) is 0 Å². The third kappa shape index (κ3) is 3.96. The summed E-state index contributed by atoms with van der Waals surface area (Å²) in [5.41, 5.74) is 6.05. The normalized spacial score (nSPS) is 29.5. The molecule has 120 valence electrons. The van der Waals surface area contributed by atoms with E-state index in [9.17, 15) is 0 Å². The molecule has 2 saturated carbocycles. The van der Waals surface area contributed by atoms with Gasteiger partial charge >= 0.3 is 0 Å².